The Kier molecular flexibility index (Phi) is 7.14. The summed E-state index contributed by atoms with van der Waals surface area (Å²) in [5.74, 6) is -0.191. The Labute approximate surface area is 117 Å². The fourth-order valence-corrected chi connectivity index (χ4v) is 2.16. The van der Waals surface area contributed by atoms with Crippen LogP contribution in [0.2, 0.25) is 0 Å². The normalized spacial score (nSPS) is 11.9. The first-order valence-corrected chi connectivity index (χ1v) is 7.27. The lowest BCUT2D eigenvalue weighted by Crippen LogP contribution is -2.37. The van der Waals surface area contributed by atoms with E-state index >= 15 is 0 Å². The summed E-state index contributed by atoms with van der Waals surface area (Å²) in [4.78, 5) is 23.8. The monoisotopic (exact) mass is 284 g/mol. The number of thiophene rings is 1. The van der Waals surface area contributed by atoms with Crippen LogP contribution in [0.4, 0.5) is 0 Å². The molecule has 1 atom stereocenters. The number of carbonyl (C=O) groups excluding carboxylic acids is 2. The number of aliphatic hydroxyl groups is 1. The van der Waals surface area contributed by atoms with Crippen molar-refractivity contribution in [3.8, 4) is 0 Å². The molecule has 1 rings (SSSR count). The summed E-state index contributed by atoms with van der Waals surface area (Å²) < 4.78 is 0. The fraction of sp³-hybridized carbons (Fsp3) is 0.538. The van der Waals surface area contributed by atoms with Gasteiger partial charge in [-0.2, -0.15) is 0 Å². The third kappa shape index (κ3) is 5.85. The summed E-state index contributed by atoms with van der Waals surface area (Å²) in [6.07, 6.45) is 1.64. The molecule has 0 aromatic carbocycles. The van der Waals surface area contributed by atoms with Crippen molar-refractivity contribution < 1.29 is 14.7 Å². The molecule has 3 N–H and O–H groups in total. The molecule has 1 aromatic heterocycles. The first kappa shape index (κ1) is 15.7. The van der Waals surface area contributed by atoms with E-state index in [1.807, 2.05) is 18.4 Å². The van der Waals surface area contributed by atoms with Crippen molar-refractivity contribution >= 4 is 23.2 Å². The predicted octanol–water partition coefficient (Wildman–Crippen LogP) is 1.15. The van der Waals surface area contributed by atoms with Gasteiger partial charge in [0.2, 0.25) is 5.91 Å². The van der Waals surface area contributed by atoms with Crippen LogP contribution in [0.1, 0.15) is 35.9 Å². The highest BCUT2D eigenvalue weighted by atomic mass is 32.1. The van der Waals surface area contributed by atoms with Gasteiger partial charge in [0.05, 0.1) is 17.5 Å². The molecule has 6 heteroatoms. The van der Waals surface area contributed by atoms with Crippen LogP contribution in [0.15, 0.2) is 17.5 Å². The minimum atomic E-state index is -0.173. The molecule has 1 aromatic rings. The van der Waals surface area contributed by atoms with E-state index in [0.717, 1.165) is 0 Å². The van der Waals surface area contributed by atoms with Crippen molar-refractivity contribution in [3.05, 3.63) is 22.4 Å². The molecule has 1 heterocycles. The van der Waals surface area contributed by atoms with Crippen molar-refractivity contribution in [2.45, 2.75) is 32.2 Å². The van der Waals surface area contributed by atoms with Crippen molar-refractivity contribution in [2.24, 2.45) is 0 Å². The topological polar surface area (TPSA) is 78.4 Å². The van der Waals surface area contributed by atoms with Gasteiger partial charge in [-0.15, -0.1) is 11.3 Å². The van der Waals surface area contributed by atoms with Gasteiger partial charge in [0.25, 0.3) is 5.91 Å². The number of amides is 2. The standard InChI is InChI=1S/C13H20N2O3S/c1-2-10(9-16)15-12(17)6-3-7-14-13(18)11-5-4-8-19-11/h4-5,8,10,16H,2-3,6-7,9H2,1H3,(H,14,18)(H,15,17). The summed E-state index contributed by atoms with van der Waals surface area (Å²) in [6, 6.07) is 3.42. The molecule has 106 valence electrons. The molecule has 0 aliphatic heterocycles. The highest BCUT2D eigenvalue weighted by molar-refractivity contribution is 7.12. The Morgan fingerprint density at radius 2 is 2.26 bits per heavy atom. The maximum absolute atomic E-state index is 11.6. The molecule has 5 nitrogen and oxygen atoms in total. The van der Waals surface area contributed by atoms with Gasteiger partial charge in [-0.05, 0) is 24.3 Å². The summed E-state index contributed by atoms with van der Waals surface area (Å²) in [5, 5.41) is 16.3. The van der Waals surface area contributed by atoms with Crippen LogP contribution in [0.5, 0.6) is 0 Å². The smallest absolute Gasteiger partial charge is 0.261 e. The van der Waals surface area contributed by atoms with Crippen LogP contribution < -0.4 is 10.6 Å². The SMILES string of the molecule is CCC(CO)NC(=O)CCCNC(=O)c1cccs1. The Bertz CT molecular complexity index is 389. The van der Waals surface area contributed by atoms with Crippen LogP contribution in [0.3, 0.4) is 0 Å². The van der Waals surface area contributed by atoms with Crippen molar-refractivity contribution in [1.82, 2.24) is 10.6 Å². The number of nitrogens with one attached hydrogen (secondary N) is 2. The van der Waals surface area contributed by atoms with Crippen LogP contribution in [-0.4, -0.2) is 36.1 Å². The lowest BCUT2D eigenvalue weighted by molar-refractivity contribution is -0.122. The number of hydrogen-bond donors (Lipinski definition) is 3. The second kappa shape index (κ2) is 8.66. The molecule has 0 spiro atoms. The molecule has 0 bridgehead atoms. The van der Waals surface area contributed by atoms with Gasteiger partial charge in [-0.1, -0.05) is 13.0 Å². The van der Waals surface area contributed by atoms with E-state index in [4.69, 9.17) is 5.11 Å². The van der Waals surface area contributed by atoms with E-state index < -0.39 is 0 Å². The van der Waals surface area contributed by atoms with E-state index in [1.165, 1.54) is 11.3 Å². The first-order chi connectivity index (χ1) is 9.17. The predicted molar refractivity (Wildman–Crippen MR) is 75.2 cm³/mol. The lowest BCUT2D eigenvalue weighted by Gasteiger charge is -2.13. The molecule has 0 aliphatic carbocycles. The van der Waals surface area contributed by atoms with Gasteiger partial charge in [0.1, 0.15) is 0 Å². The molecule has 2 amide bonds. The molecule has 0 radical (unpaired) electrons. The van der Waals surface area contributed by atoms with E-state index in [-0.39, 0.29) is 24.5 Å². The Hall–Kier alpha value is -1.40. The quantitative estimate of drug-likeness (QED) is 0.627. The average Bonchev–Trinajstić information content (AvgIpc) is 2.94. The first-order valence-electron chi connectivity index (χ1n) is 6.39. The van der Waals surface area contributed by atoms with Gasteiger partial charge < -0.3 is 15.7 Å². The minimum absolute atomic E-state index is 0.0443. The van der Waals surface area contributed by atoms with E-state index in [1.54, 1.807) is 6.07 Å². The van der Waals surface area contributed by atoms with E-state index in [2.05, 4.69) is 10.6 Å². The van der Waals surface area contributed by atoms with Crippen molar-refractivity contribution in [3.63, 3.8) is 0 Å². The molecule has 19 heavy (non-hydrogen) atoms. The van der Waals surface area contributed by atoms with E-state index in [0.29, 0.717) is 30.7 Å². The number of hydrogen-bond acceptors (Lipinski definition) is 4. The fourth-order valence-electron chi connectivity index (χ4n) is 1.52. The maximum Gasteiger partial charge on any atom is 0.261 e. The zero-order valence-electron chi connectivity index (χ0n) is 11.0. The van der Waals surface area contributed by atoms with Gasteiger partial charge >= 0.3 is 0 Å². The molecular formula is C13H20N2O3S. The van der Waals surface area contributed by atoms with Crippen molar-refractivity contribution in [1.29, 1.82) is 0 Å². The van der Waals surface area contributed by atoms with Gasteiger partial charge in [0, 0.05) is 13.0 Å². The molecule has 0 fully saturated rings. The zero-order chi connectivity index (χ0) is 14.1. The van der Waals surface area contributed by atoms with Crippen LogP contribution in [0, 0.1) is 0 Å². The Morgan fingerprint density at radius 3 is 2.84 bits per heavy atom. The Balaban J connectivity index is 2.13. The largest absolute Gasteiger partial charge is 0.394 e. The van der Waals surface area contributed by atoms with E-state index in [9.17, 15) is 9.59 Å². The highest BCUT2D eigenvalue weighted by Crippen LogP contribution is 2.07. The van der Waals surface area contributed by atoms with Gasteiger partial charge in [-0.3, -0.25) is 9.59 Å². The summed E-state index contributed by atoms with van der Waals surface area (Å²) in [6.45, 7) is 2.33. The number of rotatable bonds is 8. The number of carbonyl (C=O) groups is 2. The third-order valence-corrected chi connectivity index (χ3v) is 3.56. The average molecular weight is 284 g/mol. The highest BCUT2D eigenvalue weighted by Gasteiger charge is 2.09. The zero-order valence-corrected chi connectivity index (χ0v) is 11.8. The lowest BCUT2D eigenvalue weighted by atomic mass is 10.2. The van der Waals surface area contributed by atoms with Crippen LogP contribution >= 0.6 is 11.3 Å². The summed E-state index contributed by atoms with van der Waals surface area (Å²) in [5.41, 5.74) is 0. The number of aliphatic hydroxyl groups excluding tert-OH is 1. The minimum Gasteiger partial charge on any atom is -0.394 e. The van der Waals surface area contributed by atoms with Crippen molar-refractivity contribution in [2.75, 3.05) is 13.2 Å². The van der Waals surface area contributed by atoms with Gasteiger partial charge in [-0.25, -0.2) is 0 Å². The molecular weight excluding hydrogens is 264 g/mol. The molecule has 0 saturated heterocycles. The molecule has 0 saturated carbocycles. The molecule has 1 unspecified atom stereocenters. The molecule has 0 aliphatic rings. The summed E-state index contributed by atoms with van der Waals surface area (Å²) in [7, 11) is 0. The Morgan fingerprint density at radius 1 is 1.47 bits per heavy atom. The third-order valence-electron chi connectivity index (χ3n) is 2.69. The maximum atomic E-state index is 11.6. The second-order valence-corrected chi connectivity index (χ2v) is 5.14. The van der Waals surface area contributed by atoms with Crippen LogP contribution in [0.25, 0.3) is 0 Å². The summed E-state index contributed by atoms with van der Waals surface area (Å²) >= 11 is 1.39. The second-order valence-electron chi connectivity index (χ2n) is 4.19. The van der Waals surface area contributed by atoms with Crippen LogP contribution in [-0.2, 0) is 4.79 Å². The van der Waals surface area contributed by atoms with Gasteiger partial charge in [0.15, 0.2) is 0 Å².